The van der Waals surface area contributed by atoms with E-state index in [4.69, 9.17) is 0 Å². The summed E-state index contributed by atoms with van der Waals surface area (Å²) in [6, 6.07) is 17.4. The summed E-state index contributed by atoms with van der Waals surface area (Å²) in [7, 11) is -3.59. The monoisotopic (exact) mass is 470 g/mol. The number of carbonyl (C=O) groups excluding carboxylic acids is 1. The zero-order valence-electron chi connectivity index (χ0n) is 19.2. The van der Waals surface area contributed by atoms with Gasteiger partial charge in [-0.25, -0.2) is 13.1 Å². The van der Waals surface area contributed by atoms with E-state index in [1.54, 1.807) is 0 Å². The minimum Gasteiger partial charge on any atom is -0.352 e. The van der Waals surface area contributed by atoms with Crippen LogP contribution in [0.4, 0.5) is 0 Å². The molecular weight excluding hydrogens is 436 g/mol. The number of nitrogens with one attached hydrogen (secondary N) is 2. The Balaban J connectivity index is 1.42. The van der Waals surface area contributed by atoms with Gasteiger partial charge in [-0.15, -0.1) is 0 Å². The van der Waals surface area contributed by atoms with Crippen LogP contribution in [-0.2, 0) is 27.9 Å². The van der Waals surface area contributed by atoms with E-state index in [-0.39, 0.29) is 18.9 Å². The van der Waals surface area contributed by atoms with Crippen LogP contribution in [0.15, 0.2) is 60.0 Å². The molecular formula is C25H34N4O3S. The first-order valence-electron chi connectivity index (χ1n) is 11.5. The molecule has 1 amide bonds. The highest BCUT2D eigenvalue weighted by molar-refractivity contribution is 7.92. The van der Waals surface area contributed by atoms with Crippen LogP contribution < -0.4 is 10.0 Å². The summed E-state index contributed by atoms with van der Waals surface area (Å²) < 4.78 is 26.6. The van der Waals surface area contributed by atoms with Crippen molar-refractivity contribution in [2.75, 3.05) is 39.3 Å². The van der Waals surface area contributed by atoms with E-state index in [1.165, 1.54) is 11.6 Å². The van der Waals surface area contributed by atoms with Gasteiger partial charge in [0, 0.05) is 57.6 Å². The Bertz CT molecular complexity index is 1020. The van der Waals surface area contributed by atoms with Gasteiger partial charge in [0.05, 0.1) is 0 Å². The highest BCUT2D eigenvalue weighted by Crippen LogP contribution is 2.13. The third-order valence-electron chi connectivity index (χ3n) is 5.79. The number of piperazine rings is 1. The molecule has 33 heavy (non-hydrogen) atoms. The molecule has 1 fully saturated rings. The number of likely N-dealkylation sites (N-methyl/N-ethyl adjacent to an activating group) is 1. The topological polar surface area (TPSA) is 81.8 Å². The summed E-state index contributed by atoms with van der Waals surface area (Å²) >= 11 is 0. The van der Waals surface area contributed by atoms with Gasteiger partial charge < -0.3 is 10.2 Å². The largest absolute Gasteiger partial charge is 0.352 e. The molecule has 1 saturated heterocycles. The summed E-state index contributed by atoms with van der Waals surface area (Å²) in [5.41, 5.74) is 3.11. The zero-order valence-corrected chi connectivity index (χ0v) is 20.1. The maximum Gasteiger partial charge on any atom is 0.233 e. The lowest BCUT2D eigenvalue weighted by Crippen LogP contribution is -2.45. The third kappa shape index (κ3) is 8.74. The fourth-order valence-corrected chi connectivity index (χ4v) is 4.58. The van der Waals surface area contributed by atoms with Crippen molar-refractivity contribution in [3.63, 3.8) is 0 Å². The number of sulfonamides is 1. The Morgan fingerprint density at radius 1 is 0.939 bits per heavy atom. The fourth-order valence-electron chi connectivity index (χ4n) is 3.76. The first-order valence-corrected chi connectivity index (χ1v) is 13.0. The van der Waals surface area contributed by atoms with Gasteiger partial charge in [-0.2, -0.15) is 0 Å². The first kappa shape index (κ1) is 25.1. The van der Waals surface area contributed by atoms with Crippen LogP contribution in [0.1, 0.15) is 30.0 Å². The van der Waals surface area contributed by atoms with E-state index >= 15 is 0 Å². The van der Waals surface area contributed by atoms with Crippen molar-refractivity contribution in [2.24, 2.45) is 0 Å². The zero-order chi connectivity index (χ0) is 23.5. The van der Waals surface area contributed by atoms with E-state index in [0.717, 1.165) is 55.8 Å². The van der Waals surface area contributed by atoms with Gasteiger partial charge in [-0.05, 0) is 29.3 Å². The molecule has 1 heterocycles. The molecule has 0 radical (unpaired) electrons. The third-order valence-corrected chi connectivity index (χ3v) is 6.90. The maximum atomic E-state index is 12.3. The average Bonchev–Trinajstić information content (AvgIpc) is 2.83. The highest BCUT2D eigenvalue weighted by Gasteiger charge is 2.16. The lowest BCUT2D eigenvalue weighted by atomic mass is 10.1. The molecule has 2 N–H and O–H groups in total. The van der Waals surface area contributed by atoms with Crippen molar-refractivity contribution in [1.82, 2.24) is 19.8 Å². The smallest absolute Gasteiger partial charge is 0.233 e. The Morgan fingerprint density at radius 3 is 2.27 bits per heavy atom. The van der Waals surface area contributed by atoms with Crippen molar-refractivity contribution in [3.8, 4) is 0 Å². The minimum atomic E-state index is -3.59. The Kier molecular flexibility index (Phi) is 9.62. The van der Waals surface area contributed by atoms with Crippen molar-refractivity contribution < 1.29 is 13.2 Å². The number of hydrogen-bond acceptors (Lipinski definition) is 5. The molecule has 0 aromatic heterocycles. The normalized spacial score (nSPS) is 15.7. The van der Waals surface area contributed by atoms with Gasteiger partial charge in [-0.3, -0.25) is 9.69 Å². The van der Waals surface area contributed by atoms with Crippen LogP contribution in [0, 0.1) is 0 Å². The molecule has 0 saturated carbocycles. The van der Waals surface area contributed by atoms with Gasteiger partial charge in [0.1, 0.15) is 0 Å². The second-order valence-corrected chi connectivity index (χ2v) is 9.81. The molecule has 178 valence electrons. The summed E-state index contributed by atoms with van der Waals surface area (Å²) in [6.07, 6.45) is 1.61. The van der Waals surface area contributed by atoms with E-state index in [9.17, 15) is 13.2 Å². The van der Waals surface area contributed by atoms with Gasteiger partial charge in [0.25, 0.3) is 0 Å². The van der Waals surface area contributed by atoms with Crippen LogP contribution in [-0.4, -0.2) is 63.4 Å². The van der Waals surface area contributed by atoms with Crippen LogP contribution in [0.3, 0.4) is 0 Å². The molecule has 8 heteroatoms. The molecule has 0 unspecified atom stereocenters. The SMILES string of the molecule is CCN1CCN(Cc2ccccc2CNC(=O)CCNS(=O)(=O)/C=C/c2ccccc2)CC1. The Labute approximate surface area is 197 Å². The summed E-state index contributed by atoms with van der Waals surface area (Å²) in [5, 5.41) is 4.04. The molecule has 0 atom stereocenters. The van der Waals surface area contributed by atoms with Crippen LogP contribution in [0.2, 0.25) is 0 Å². The number of benzene rings is 2. The highest BCUT2D eigenvalue weighted by atomic mass is 32.2. The molecule has 0 spiro atoms. The standard InChI is InChI=1S/C25H34N4O3S/c1-2-28-15-17-29(18-16-28)21-24-11-7-6-10-23(24)20-26-25(30)12-14-27-33(31,32)19-13-22-8-4-3-5-9-22/h3-11,13,19,27H,2,12,14-18,20-21H2,1H3,(H,26,30)/b19-13+. The van der Waals surface area contributed by atoms with E-state index < -0.39 is 10.0 Å². The molecule has 3 rings (SSSR count). The van der Waals surface area contributed by atoms with E-state index in [0.29, 0.717) is 6.54 Å². The van der Waals surface area contributed by atoms with Crippen molar-refractivity contribution >= 4 is 22.0 Å². The number of amides is 1. The number of hydrogen-bond donors (Lipinski definition) is 2. The molecule has 7 nitrogen and oxygen atoms in total. The van der Waals surface area contributed by atoms with Gasteiger partial charge in [0.2, 0.25) is 15.9 Å². The van der Waals surface area contributed by atoms with Crippen LogP contribution in [0.25, 0.3) is 6.08 Å². The molecule has 1 aliphatic rings. The van der Waals surface area contributed by atoms with Gasteiger partial charge in [0.15, 0.2) is 0 Å². The van der Waals surface area contributed by atoms with Crippen molar-refractivity contribution in [2.45, 2.75) is 26.4 Å². The van der Waals surface area contributed by atoms with Crippen LogP contribution in [0.5, 0.6) is 0 Å². The molecule has 2 aromatic rings. The van der Waals surface area contributed by atoms with Crippen LogP contribution >= 0.6 is 0 Å². The Morgan fingerprint density at radius 2 is 1.58 bits per heavy atom. The maximum absolute atomic E-state index is 12.3. The molecule has 0 bridgehead atoms. The second kappa shape index (κ2) is 12.6. The average molecular weight is 471 g/mol. The van der Waals surface area contributed by atoms with Crippen molar-refractivity contribution in [3.05, 3.63) is 76.7 Å². The molecule has 1 aliphatic heterocycles. The number of carbonyl (C=O) groups is 1. The van der Waals surface area contributed by atoms with E-state index in [2.05, 4.69) is 32.8 Å². The summed E-state index contributed by atoms with van der Waals surface area (Å²) in [4.78, 5) is 17.2. The predicted octanol–water partition coefficient (Wildman–Crippen LogP) is 2.42. The fraction of sp³-hybridized carbons (Fsp3) is 0.400. The number of rotatable bonds is 11. The van der Waals surface area contributed by atoms with Gasteiger partial charge in [-0.1, -0.05) is 61.5 Å². The molecule has 2 aromatic carbocycles. The minimum absolute atomic E-state index is 0.0522. The van der Waals surface area contributed by atoms with E-state index in [1.807, 2.05) is 48.5 Å². The predicted molar refractivity (Wildman–Crippen MR) is 133 cm³/mol. The van der Waals surface area contributed by atoms with Gasteiger partial charge >= 0.3 is 0 Å². The Hall–Kier alpha value is -2.52. The lowest BCUT2D eigenvalue weighted by Gasteiger charge is -2.34. The quantitative estimate of drug-likeness (QED) is 0.527. The summed E-state index contributed by atoms with van der Waals surface area (Å²) in [5.74, 6) is -0.184. The molecule has 0 aliphatic carbocycles. The first-order chi connectivity index (χ1) is 15.9. The summed E-state index contributed by atoms with van der Waals surface area (Å²) in [6.45, 7) is 8.92. The lowest BCUT2D eigenvalue weighted by molar-refractivity contribution is -0.121. The van der Waals surface area contributed by atoms with Crippen molar-refractivity contribution in [1.29, 1.82) is 0 Å². The number of nitrogens with zero attached hydrogens (tertiary/aromatic N) is 2. The second-order valence-electron chi connectivity index (χ2n) is 8.16.